The smallest absolute Gasteiger partial charge is 0.321 e. The molecule has 0 bridgehead atoms. The van der Waals surface area contributed by atoms with Crippen molar-refractivity contribution >= 4 is 29.3 Å². The molecule has 5 amide bonds. The van der Waals surface area contributed by atoms with Crippen LogP contribution in [0.3, 0.4) is 0 Å². The van der Waals surface area contributed by atoms with Crippen molar-refractivity contribution in [2.24, 2.45) is 0 Å². The molecule has 2 N–H and O–H groups in total. The molecular formula is C17H21N5O3. The molecule has 0 spiro atoms. The van der Waals surface area contributed by atoms with Gasteiger partial charge in [-0.1, -0.05) is 6.07 Å². The van der Waals surface area contributed by atoms with E-state index in [9.17, 15) is 14.4 Å². The first-order chi connectivity index (χ1) is 12.1. The van der Waals surface area contributed by atoms with E-state index in [0.29, 0.717) is 38.3 Å². The van der Waals surface area contributed by atoms with Gasteiger partial charge in [-0.3, -0.25) is 4.79 Å². The van der Waals surface area contributed by atoms with Crippen molar-refractivity contribution < 1.29 is 14.4 Å². The Morgan fingerprint density at radius 2 is 2.08 bits per heavy atom. The molecule has 0 aliphatic carbocycles. The molecule has 3 aliphatic heterocycles. The van der Waals surface area contributed by atoms with Gasteiger partial charge in [-0.2, -0.15) is 0 Å². The number of hydrogen-bond acceptors (Lipinski definition) is 3. The second-order valence-electron chi connectivity index (χ2n) is 6.61. The van der Waals surface area contributed by atoms with Crippen LogP contribution in [0.1, 0.15) is 12.8 Å². The Hall–Kier alpha value is -2.77. The first-order valence-electron chi connectivity index (χ1n) is 8.62. The minimum atomic E-state index is -0.177. The fourth-order valence-corrected chi connectivity index (χ4v) is 3.66. The second kappa shape index (κ2) is 6.27. The molecule has 4 rings (SSSR count). The maximum Gasteiger partial charge on any atom is 0.321 e. The summed E-state index contributed by atoms with van der Waals surface area (Å²) < 4.78 is 0. The van der Waals surface area contributed by atoms with Gasteiger partial charge in [0.05, 0.1) is 6.04 Å². The molecule has 0 aromatic heterocycles. The fraction of sp³-hybridized carbons (Fsp3) is 0.471. The first-order valence-corrected chi connectivity index (χ1v) is 8.62. The van der Waals surface area contributed by atoms with Gasteiger partial charge in [0, 0.05) is 50.5 Å². The molecule has 3 fully saturated rings. The van der Waals surface area contributed by atoms with Gasteiger partial charge in [-0.15, -0.1) is 0 Å². The third-order valence-electron chi connectivity index (χ3n) is 5.00. The van der Waals surface area contributed by atoms with E-state index >= 15 is 0 Å². The number of carbonyl (C=O) groups is 3. The van der Waals surface area contributed by atoms with Crippen molar-refractivity contribution in [2.45, 2.75) is 18.9 Å². The van der Waals surface area contributed by atoms with Crippen molar-refractivity contribution in [3.05, 3.63) is 24.3 Å². The van der Waals surface area contributed by atoms with E-state index in [1.807, 2.05) is 24.3 Å². The van der Waals surface area contributed by atoms with Crippen LogP contribution >= 0.6 is 0 Å². The zero-order valence-corrected chi connectivity index (χ0v) is 13.9. The number of benzene rings is 1. The second-order valence-corrected chi connectivity index (χ2v) is 6.61. The minimum absolute atomic E-state index is 0.0422. The van der Waals surface area contributed by atoms with Crippen LogP contribution in [0.4, 0.5) is 21.0 Å². The summed E-state index contributed by atoms with van der Waals surface area (Å²) in [4.78, 5) is 41.3. The van der Waals surface area contributed by atoms with Crippen molar-refractivity contribution in [3.8, 4) is 0 Å². The summed E-state index contributed by atoms with van der Waals surface area (Å²) in [5.41, 5.74) is 1.49. The van der Waals surface area contributed by atoms with Gasteiger partial charge in [0.15, 0.2) is 0 Å². The number of fused-ring (bicyclic) bond motifs is 1. The van der Waals surface area contributed by atoms with Gasteiger partial charge in [0.2, 0.25) is 5.91 Å². The van der Waals surface area contributed by atoms with E-state index in [1.54, 1.807) is 14.7 Å². The number of urea groups is 2. The molecule has 8 nitrogen and oxygen atoms in total. The molecule has 3 saturated heterocycles. The van der Waals surface area contributed by atoms with Crippen LogP contribution in [0.15, 0.2) is 24.3 Å². The molecule has 0 saturated carbocycles. The zero-order valence-electron chi connectivity index (χ0n) is 13.9. The van der Waals surface area contributed by atoms with E-state index in [4.69, 9.17) is 0 Å². The summed E-state index contributed by atoms with van der Waals surface area (Å²) in [6.07, 6.45) is 1.45. The van der Waals surface area contributed by atoms with Crippen LogP contribution in [0, 0.1) is 0 Å². The third kappa shape index (κ3) is 2.99. The Balaban J connectivity index is 1.41. The monoisotopic (exact) mass is 343 g/mol. The molecule has 1 atom stereocenters. The lowest BCUT2D eigenvalue weighted by atomic mass is 10.2. The number of carbonyl (C=O) groups excluding carboxylic acids is 3. The highest BCUT2D eigenvalue weighted by Gasteiger charge is 2.36. The zero-order chi connectivity index (χ0) is 17.4. The average Bonchev–Trinajstić information content (AvgIpc) is 3.21. The van der Waals surface area contributed by atoms with Gasteiger partial charge >= 0.3 is 12.1 Å². The Labute approximate surface area is 145 Å². The number of piperazine rings is 1. The SMILES string of the molecule is O=C(Nc1cccc(N2CCCC2=O)c1)N1CCN2C(=O)NC[C@H]2C1. The van der Waals surface area contributed by atoms with E-state index < -0.39 is 0 Å². The molecule has 25 heavy (non-hydrogen) atoms. The third-order valence-corrected chi connectivity index (χ3v) is 5.00. The lowest BCUT2D eigenvalue weighted by molar-refractivity contribution is -0.117. The molecule has 3 aliphatic rings. The van der Waals surface area contributed by atoms with Crippen LogP contribution in [0.25, 0.3) is 0 Å². The average molecular weight is 343 g/mol. The quantitative estimate of drug-likeness (QED) is 0.842. The predicted octanol–water partition coefficient (Wildman–Crippen LogP) is 1.05. The molecule has 8 heteroatoms. The van der Waals surface area contributed by atoms with Crippen molar-refractivity contribution in [2.75, 3.05) is 42.9 Å². The van der Waals surface area contributed by atoms with Crippen LogP contribution < -0.4 is 15.5 Å². The lowest BCUT2D eigenvalue weighted by Crippen LogP contribution is -2.54. The van der Waals surface area contributed by atoms with Crippen molar-refractivity contribution in [3.63, 3.8) is 0 Å². The highest BCUT2D eigenvalue weighted by atomic mass is 16.2. The number of nitrogens with zero attached hydrogens (tertiary/aromatic N) is 3. The number of hydrogen-bond donors (Lipinski definition) is 2. The fourth-order valence-electron chi connectivity index (χ4n) is 3.66. The van der Waals surface area contributed by atoms with Gasteiger partial charge < -0.3 is 25.3 Å². The van der Waals surface area contributed by atoms with E-state index in [1.165, 1.54) is 0 Å². The van der Waals surface area contributed by atoms with E-state index in [0.717, 1.165) is 18.7 Å². The Kier molecular flexibility index (Phi) is 3.95. The number of rotatable bonds is 2. The molecule has 132 valence electrons. The molecule has 3 heterocycles. The van der Waals surface area contributed by atoms with Crippen LogP contribution in [0.2, 0.25) is 0 Å². The summed E-state index contributed by atoms with van der Waals surface area (Å²) >= 11 is 0. The van der Waals surface area contributed by atoms with Gasteiger partial charge in [-0.05, 0) is 24.6 Å². The molecule has 1 aromatic carbocycles. The topological polar surface area (TPSA) is 85.0 Å². The van der Waals surface area contributed by atoms with Crippen molar-refractivity contribution in [1.29, 1.82) is 0 Å². The van der Waals surface area contributed by atoms with Gasteiger partial charge in [-0.25, -0.2) is 9.59 Å². The summed E-state index contributed by atoms with van der Waals surface area (Å²) in [6.45, 7) is 2.89. The maximum atomic E-state index is 12.5. The largest absolute Gasteiger partial charge is 0.336 e. The Bertz CT molecular complexity index is 722. The van der Waals surface area contributed by atoms with E-state index in [-0.39, 0.29) is 24.0 Å². The predicted molar refractivity (Wildman–Crippen MR) is 92.5 cm³/mol. The molecule has 0 unspecified atom stereocenters. The standard InChI is InChI=1S/C17H21N5O3/c23-15-5-2-6-21(15)13-4-1-3-12(9-13)19-17(25)20-7-8-22-14(11-20)10-18-16(22)24/h1,3-4,9,14H,2,5-8,10-11H2,(H,18,24)(H,19,25)/t14-/m0/s1. The Morgan fingerprint density at radius 3 is 2.88 bits per heavy atom. The van der Waals surface area contributed by atoms with E-state index in [2.05, 4.69) is 10.6 Å². The maximum absolute atomic E-state index is 12.5. The van der Waals surface area contributed by atoms with Gasteiger partial charge in [0.1, 0.15) is 0 Å². The van der Waals surface area contributed by atoms with Crippen LogP contribution in [0.5, 0.6) is 0 Å². The first kappa shape index (κ1) is 15.7. The number of anilines is 2. The summed E-state index contributed by atoms with van der Waals surface area (Å²) in [5, 5.41) is 5.71. The number of nitrogens with one attached hydrogen (secondary N) is 2. The summed E-state index contributed by atoms with van der Waals surface area (Å²) in [5.74, 6) is 0.123. The summed E-state index contributed by atoms with van der Waals surface area (Å²) in [6, 6.07) is 7.19. The minimum Gasteiger partial charge on any atom is -0.336 e. The van der Waals surface area contributed by atoms with Gasteiger partial charge in [0.25, 0.3) is 0 Å². The number of amides is 5. The highest BCUT2D eigenvalue weighted by molar-refractivity contribution is 5.96. The van der Waals surface area contributed by atoms with Crippen LogP contribution in [-0.4, -0.2) is 66.5 Å². The van der Waals surface area contributed by atoms with Crippen molar-refractivity contribution in [1.82, 2.24) is 15.1 Å². The molecular weight excluding hydrogens is 322 g/mol. The molecule has 1 aromatic rings. The Morgan fingerprint density at radius 1 is 1.20 bits per heavy atom. The van der Waals surface area contributed by atoms with Crippen LogP contribution in [-0.2, 0) is 4.79 Å². The molecule has 0 radical (unpaired) electrons. The lowest BCUT2D eigenvalue weighted by Gasteiger charge is -2.36. The normalized spacial score (nSPS) is 22.9. The summed E-state index contributed by atoms with van der Waals surface area (Å²) in [7, 11) is 0. The highest BCUT2D eigenvalue weighted by Crippen LogP contribution is 2.24.